The molecular formula is C7H7N2O3-. The van der Waals surface area contributed by atoms with Gasteiger partial charge in [0.15, 0.2) is 5.69 Å². The molecule has 0 amide bonds. The van der Waals surface area contributed by atoms with Gasteiger partial charge in [0.2, 0.25) is 0 Å². The molecule has 0 N–H and O–H groups in total. The average molecular weight is 167 g/mol. The summed E-state index contributed by atoms with van der Waals surface area (Å²) in [5.74, 6) is -1.03. The number of esters is 1. The molecule has 5 heteroatoms. The minimum absolute atomic E-state index is 0.0523. The minimum atomic E-state index is -0.565. The third-order valence-electron chi connectivity index (χ3n) is 1.12. The summed E-state index contributed by atoms with van der Waals surface area (Å²) in [7, 11) is 0. The van der Waals surface area contributed by atoms with Gasteiger partial charge in [-0.2, -0.15) is 5.10 Å². The second-order valence-corrected chi connectivity index (χ2v) is 1.98. The third kappa shape index (κ3) is 1.91. The monoisotopic (exact) mass is 167 g/mol. The Hall–Kier alpha value is -1.65. The van der Waals surface area contributed by atoms with Crippen molar-refractivity contribution in [2.24, 2.45) is 0 Å². The molecule has 0 spiro atoms. The molecule has 1 heterocycles. The number of ether oxygens (including phenoxy) is 1. The van der Waals surface area contributed by atoms with Crippen molar-refractivity contribution in [2.75, 3.05) is 6.61 Å². The van der Waals surface area contributed by atoms with Crippen LogP contribution in [-0.4, -0.2) is 22.8 Å². The highest BCUT2D eigenvalue weighted by molar-refractivity contribution is 5.86. The summed E-state index contributed by atoms with van der Waals surface area (Å²) >= 11 is 0. The van der Waals surface area contributed by atoms with E-state index in [1.54, 1.807) is 6.92 Å². The topological polar surface area (TPSA) is 75.1 Å². The molecule has 0 saturated carbocycles. The Morgan fingerprint density at radius 1 is 1.58 bits per heavy atom. The summed E-state index contributed by atoms with van der Waals surface area (Å²) in [6, 6.07) is 2.45. The van der Waals surface area contributed by atoms with Crippen LogP contribution in [0.25, 0.3) is 0 Å². The van der Waals surface area contributed by atoms with Gasteiger partial charge in [-0.15, -0.1) is 5.10 Å². The third-order valence-corrected chi connectivity index (χ3v) is 1.12. The summed E-state index contributed by atoms with van der Waals surface area (Å²) in [4.78, 5) is 10.9. The first-order valence-corrected chi connectivity index (χ1v) is 3.42. The van der Waals surface area contributed by atoms with Crippen LogP contribution in [0.3, 0.4) is 0 Å². The Balaban J connectivity index is 2.75. The molecule has 1 aromatic heterocycles. The second-order valence-electron chi connectivity index (χ2n) is 1.98. The van der Waals surface area contributed by atoms with E-state index in [0.29, 0.717) is 0 Å². The quantitative estimate of drug-likeness (QED) is 0.566. The molecule has 1 rings (SSSR count). The molecule has 0 aliphatic rings. The summed E-state index contributed by atoms with van der Waals surface area (Å²) in [6.45, 7) is 1.97. The molecule has 12 heavy (non-hydrogen) atoms. The van der Waals surface area contributed by atoms with Gasteiger partial charge in [-0.05, 0) is 19.1 Å². The van der Waals surface area contributed by atoms with Crippen molar-refractivity contribution in [3.63, 3.8) is 0 Å². The van der Waals surface area contributed by atoms with Crippen LogP contribution in [0.5, 0.6) is 5.88 Å². The Kier molecular flexibility index (Phi) is 2.57. The molecule has 0 saturated heterocycles. The maximum absolute atomic E-state index is 10.9. The zero-order chi connectivity index (χ0) is 8.97. The van der Waals surface area contributed by atoms with E-state index < -0.39 is 11.8 Å². The number of nitrogens with zero attached hydrogens (tertiary/aromatic N) is 2. The van der Waals surface area contributed by atoms with Crippen molar-refractivity contribution >= 4 is 5.97 Å². The van der Waals surface area contributed by atoms with Crippen molar-refractivity contribution in [1.29, 1.82) is 0 Å². The van der Waals surface area contributed by atoms with Gasteiger partial charge in [0.1, 0.15) is 0 Å². The van der Waals surface area contributed by atoms with Crippen LogP contribution in [0.4, 0.5) is 0 Å². The molecule has 0 aliphatic carbocycles. The van der Waals surface area contributed by atoms with Crippen molar-refractivity contribution in [2.45, 2.75) is 6.92 Å². The lowest BCUT2D eigenvalue weighted by molar-refractivity contribution is -0.275. The van der Waals surface area contributed by atoms with E-state index >= 15 is 0 Å². The van der Waals surface area contributed by atoms with Gasteiger partial charge in [-0.1, -0.05) is 0 Å². The Morgan fingerprint density at radius 3 is 2.83 bits per heavy atom. The van der Waals surface area contributed by atoms with Crippen LogP contribution in [0.2, 0.25) is 0 Å². The molecule has 64 valence electrons. The largest absolute Gasteiger partial charge is 0.857 e. The van der Waals surface area contributed by atoms with Gasteiger partial charge in [0.05, 0.1) is 6.61 Å². The first kappa shape index (κ1) is 8.45. The van der Waals surface area contributed by atoms with Gasteiger partial charge in [0.25, 0.3) is 0 Å². The van der Waals surface area contributed by atoms with E-state index in [9.17, 15) is 9.90 Å². The fourth-order valence-corrected chi connectivity index (χ4v) is 0.634. The molecule has 0 atom stereocenters. The number of carbonyl (C=O) groups is 1. The van der Waals surface area contributed by atoms with Crippen LogP contribution in [0.15, 0.2) is 12.1 Å². The average Bonchev–Trinajstić information content (AvgIpc) is 2.06. The zero-order valence-electron chi connectivity index (χ0n) is 6.48. The highest BCUT2D eigenvalue weighted by Gasteiger charge is 2.06. The molecule has 0 aliphatic heterocycles. The van der Waals surface area contributed by atoms with Crippen molar-refractivity contribution in [3.8, 4) is 5.88 Å². The number of carbonyl (C=O) groups excluding carboxylic acids is 1. The molecule has 5 nitrogen and oxygen atoms in total. The van der Waals surface area contributed by atoms with Gasteiger partial charge in [-0.3, -0.25) is 0 Å². The Labute approximate surface area is 69.0 Å². The fraction of sp³-hybridized carbons (Fsp3) is 0.286. The number of rotatable bonds is 2. The first-order chi connectivity index (χ1) is 5.74. The van der Waals surface area contributed by atoms with Crippen LogP contribution in [0.1, 0.15) is 17.4 Å². The number of aromatic nitrogens is 2. The minimum Gasteiger partial charge on any atom is -0.857 e. The van der Waals surface area contributed by atoms with Gasteiger partial charge in [0, 0.05) is 5.88 Å². The lowest BCUT2D eigenvalue weighted by atomic mass is 10.4. The molecule has 0 radical (unpaired) electrons. The van der Waals surface area contributed by atoms with Crippen LogP contribution >= 0.6 is 0 Å². The number of hydrogen-bond acceptors (Lipinski definition) is 5. The molecule has 0 unspecified atom stereocenters. The molecule has 1 aromatic rings. The summed E-state index contributed by atoms with van der Waals surface area (Å²) < 4.78 is 4.62. The van der Waals surface area contributed by atoms with Crippen molar-refractivity contribution < 1.29 is 14.6 Å². The zero-order valence-corrected chi connectivity index (χ0v) is 6.48. The molecular weight excluding hydrogens is 160 g/mol. The lowest BCUT2D eigenvalue weighted by Gasteiger charge is -2.02. The normalized spacial score (nSPS) is 9.42. The second kappa shape index (κ2) is 3.66. The smallest absolute Gasteiger partial charge is 0.358 e. The van der Waals surface area contributed by atoms with E-state index in [1.807, 2.05) is 0 Å². The van der Waals surface area contributed by atoms with E-state index in [1.165, 1.54) is 12.1 Å². The van der Waals surface area contributed by atoms with Crippen molar-refractivity contribution in [1.82, 2.24) is 10.2 Å². The fourth-order valence-electron chi connectivity index (χ4n) is 0.634. The Bertz CT molecular complexity index is 270. The lowest BCUT2D eigenvalue weighted by Crippen LogP contribution is -2.08. The molecule has 0 fully saturated rings. The standard InChI is InChI=1S/C7H8N2O3/c1-2-12-7(11)5-3-4-6(10)9-8-5/h3-4H,2H2,1H3,(H,9,10)/p-1. The maximum atomic E-state index is 10.9. The van der Waals surface area contributed by atoms with E-state index in [0.717, 1.165) is 0 Å². The van der Waals surface area contributed by atoms with E-state index in [-0.39, 0.29) is 12.3 Å². The van der Waals surface area contributed by atoms with Crippen molar-refractivity contribution in [3.05, 3.63) is 17.8 Å². The van der Waals surface area contributed by atoms with Crippen LogP contribution in [-0.2, 0) is 4.74 Å². The van der Waals surface area contributed by atoms with Gasteiger partial charge in [-0.25, -0.2) is 4.79 Å². The highest BCUT2D eigenvalue weighted by Crippen LogP contribution is 1.99. The first-order valence-electron chi connectivity index (χ1n) is 3.42. The SMILES string of the molecule is CCOC(=O)c1ccc([O-])nn1. The highest BCUT2D eigenvalue weighted by atomic mass is 16.5. The van der Waals surface area contributed by atoms with Gasteiger partial charge < -0.3 is 9.84 Å². The van der Waals surface area contributed by atoms with Crippen LogP contribution < -0.4 is 5.11 Å². The summed E-state index contributed by atoms with van der Waals surface area (Å²) in [5, 5.41) is 17.0. The Morgan fingerprint density at radius 2 is 2.33 bits per heavy atom. The van der Waals surface area contributed by atoms with E-state index in [4.69, 9.17) is 0 Å². The molecule has 0 bridgehead atoms. The van der Waals surface area contributed by atoms with Gasteiger partial charge >= 0.3 is 5.97 Å². The predicted octanol–water partition coefficient (Wildman–Crippen LogP) is -0.273. The maximum Gasteiger partial charge on any atom is 0.358 e. The summed E-state index contributed by atoms with van der Waals surface area (Å²) in [6.07, 6.45) is 0. The van der Waals surface area contributed by atoms with Crippen LogP contribution in [0, 0.1) is 0 Å². The summed E-state index contributed by atoms with van der Waals surface area (Å²) in [5.41, 5.74) is 0.0523. The number of hydrogen-bond donors (Lipinski definition) is 0. The van der Waals surface area contributed by atoms with E-state index in [2.05, 4.69) is 14.9 Å². The molecule has 0 aromatic carbocycles. The predicted molar refractivity (Wildman–Crippen MR) is 37.4 cm³/mol.